The SMILES string of the molecule is CC(C)(C)[B]c1ccc(C(C)(C)c2ccc(Oc3ccc(S(=O)[O-])cc3)cc2)cc1. The van der Waals surface area contributed by atoms with Crippen molar-refractivity contribution in [2.45, 2.75) is 50.2 Å². The fourth-order valence-electron chi connectivity index (χ4n) is 3.36. The van der Waals surface area contributed by atoms with E-state index in [1.165, 1.54) is 28.7 Å². The third-order valence-corrected chi connectivity index (χ3v) is 5.72. The molecule has 0 bridgehead atoms. The minimum Gasteiger partial charge on any atom is -0.768 e. The van der Waals surface area contributed by atoms with Crippen molar-refractivity contribution in [2.75, 3.05) is 0 Å². The van der Waals surface area contributed by atoms with Gasteiger partial charge in [0.25, 0.3) is 0 Å². The number of ether oxygens (including phenoxy) is 1. The summed E-state index contributed by atoms with van der Waals surface area (Å²) >= 11 is -2.23. The molecule has 5 heteroatoms. The first-order chi connectivity index (χ1) is 14.0. The third-order valence-electron chi connectivity index (χ3n) is 5.06. The van der Waals surface area contributed by atoms with Crippen molar-refractivity contribution in [3.8, 4) is 11.5 Å². The molecule has 0 amide bonds. The fraction of sp³-hybridized carbons (Fsp3) is 0.280. The van der Waals surface area contributed by atoms with Gasteiger partial charge in [-0.05, 0) is 58.6 Å². The molecular formula is C25H27BO3S-. The Morgan fingerprint density at radius 1 is 0.733 bits per heavy atom. The van der Waals surface area contributed by atoms with E-state index in [0.29, 0.717) is 11.5 Å². The summed E-state index contributed by atoms with van der Waals surface area (Å²) in [6.45, 7) is 11.0. The molecule has 30 heavy (non-hydrogen) atoms. The first-order valence-electron chi connectivity index (χ1n) is 9.99. The monoisotopic (exact) mass is 418 g/mol. The predicted octanol–water partition coefficient (Wildman–Crippen LogP) is 5.59. The predicted molar refractivity (Wildman–Crippen MR) is 124 cm³/mol. The summed E-state index contributed by atoms with van der Waals surface area (Å²) in [7, 11) is 2.27. The Labute approximate surface area is 183 Å². The van der Waals surface area contributed by atoms with Crippen LogP contribution in [0, 0.1) is 0 Å². The lowest BCUT2D eigenvalue weighted by Gasteiger charge is -2.27. The van der Waals surface area contributed by atoms with Gasteiger partial charge in [-0.2, -0.15) is 0 Å². The lowest BCUT2D eigenvalue weighted by molar-refractivity contribution is 0.481. The van der Waals surface area contributed by atoms with Gasteiger partial charge in [0, 0.05) is 10.3 Å². The topological polar surface area (TPSA) is 49.4 Å². The van der Waals surface area contributed by atoms with Crippen LogP contribution in [0.25, 0.3) is 0 Å². The Bertz CT molecular complexity index is 1000. The fourth-order valence-corrected chi connectivity index (χ4v) is 3.72. The van der Waals surface area contributed by atoms with Crippen molar-refractivity contribution in [2.24, 2.45) is 0 Å². The molecule has 0 aromatic heterocycles. The van der Waals surface area contributed by atoms with Crippen LogP contribution >= 0.6 is 0 Å². The van der Waals surface area contributed by atoms with E-state index in [4.69, 9.17) is 4.74 Å². The molecule has 0 saturated heterocycles. The van der Waals surface area contributed by atoms with E-state index in [-0.39, 0.29) is 15.6 Å². The molecular weight excluding hydrogens is 391 g/mol. The minimum atomic E-state index is -2.23. The highest BCUT2D eigenvalue weighted by molar-refractivity contribution is 7.79. The van der Waals surface area contributed by atoms with Gasteiger partial charge in [0.2, 0.25) is 0 Å². The van der Waals surface area contributed by atoms with Crippen molar-refractivity contribution < 1.29 is 13.5 Å². The highest BCUT2D eigenvalue weighted by Gasteiger charge is 2.23. The second kappa shape index (κ2) is 8.79. The van der Waals surface area contributed by atoms with E-state index in [1.54, 1.807) is 12.1 Å². The standard InChI is InChI=1S/C25H28BO3S/c1-24(2,3)26-20-10-6-18(7-11-20)25(4,5)19-8-12-21(13-9-19)29-22-14-16-23(17-15-22)30(27)28/h6-17H,1-5H3,(H,27,28)/p-1. The Hall–Kier alpha value is -2.37. The molecule has 0 spiro atoms. The van der Waals surface area contributed by atoms with Crippen molar-refractivity contribution >= 4 is 23.8 Å². The number of benzene rings is 3. The summed E-state index contributed by atoms with van der Waals surface area (Å²) in [5, 5.41) is 0.152. The van der Waals surface area contributed by atoms with Crippen LogP contribution in [0.5, 0.6) is 11.5 Å². The quantitative estimate of drug-likeness (QED) is 0.387. The minimum absolute atomic E-state index is 0.140. The molecule has 0 fully saturated rings. The first-order valence-corrected chi connectivity index (χ1v) is 11.1. The second-order valence-corrected chi connectivity index (χ2v) is 10.0. The van der Waals surface area contributed by atoms with Gasteiger partial charge in [-0.3, -0.25) is 4.21 Å². The van der Waals surface area contributed by atoms with Crippen molar-refractivity contribution in [3.63, 3.8) is 0 Å². The lowest BCUT2D eigenvalue weighted by atomic mass is 9.51. The number of hydrogen-bond acceptors (Lipinski definition) is 3. The Morgan fingerprint density at radius 3 is 1.60 bits per heavy atom. The van der Waals surface area contributed by atoms with Gasteiger partial charge >= 0.3 is 0 Å². The molecule has 1 unspecified atom stereocenters. The molecule has 0 N–H and O–H groups in total. The molecule has 3 rings (SSSR count). The Morgan fingerprint density at radius 2 is 1.17 bits per heavy atom. The van der Waals surface area contributed by atoms with Crippen LogP contribution in [0.4, 0.5) is 0 Å². The van der Waals surface area contributed by atoms with E-state index in [1.807, 2.05) is 12.1 Å². The largest absolute Gasteiger partial charge is 0.768 e. The highest BCUT2D eigenvalue weighted by Crippen LogP contribution is 2.33. The smallest absolute Gasteiger partial charge is 0.157 e. The molecule has 0 saturated carbocycles. The van der Waals surface area contributed by atoms with Crippen LogP contribution < -0.4 is 10.2 Å². The van der Waals surface area contributed by atoms with Gasteiger partial charge in [-0.15, -0.1) is 0 Å². The van der Waals surface area contributed by atoms with Gasteiger partial charge in [0.15, 0.2) is 7.28 Å². The second-order valence-electron chi connectivity index (χ2n) is 9.09. The van der Waals surface area contributed by atoms with Gasteiger partial charge in [-0.1, -0.05) is 81.8 Å². The Kier molecular flexibility index (Phi) is 6.54. The summed E-state index contributed by atoms with van der Waals surface area (Å²) < 4.78 is 27.8. The third kappa shape index (κ3) is 5.62. The summed E-state index contributed by atoms with van der Waals surface area (Å²) in [6, 6.07) is 23.1. The van der Waals surface area contributed by atoms with E-state index in [0.717, 1.165) is 0 Å². The zero-order valence-corrected chi connectivity index (χ0v) is 19.0. The van der Waals surface area contributed by atoms with Gasteiger partial charge in [0.05, 0.1) is 0 Å². The normalized spacial score (nSPS) is 13.0. The maximum Gasteiger partial charge on any atom is 0.157 e. The Balaban J connectivity index is 1.73. The number of hydrogen-bond donors (Lipinski definition) is 0. The van der Waals surface area contributed by atoms with Crippen LogP contribution in [-0.4, -0.2) is 16.0 Å². The summed E-state index contributed by atoms with van der Waals surface area (Å²) in [6.07, 6.45) is 0. The van der Waals surface area contributed by atoms with Crippen LogP contribution in [0.15, 0.2) is 77.7 Å². The first kappa shape index (κ1) is 22.3. The maximum absolute atomic E-state index is 11.0. The zero-order valence-electron chi connectivity index (χ0n) is 18.1. The van der Waals surface area contributed by atoms with E-state index in [2.05, 4.69) is 78.3 Å². The van der Waals surface area contributed by atoms with Gasteiger partial charge in [-0.25, -0.2) is 0 Å². The average molecular weight is 418 g/mol. The molecule has 155 valence electrons. The van der Waals surface area contributed by atoms with E-state index >= 15 is 0 Å². The molecule has 0 aliphatic rings. The molecule has 0 heterocycles. The molecule has 3 aromatic carbocycles. The van der Waals surface area contributed by atoms with Crippen molar-refractivity contribution in [1.29, 1.82) is 0 Å². The summed E-state index contributed by atoms with van der Waals surface area (Å²) in [5.74, 6) is 1.31. The van der Waals surface area contributed by atoms with Crippen LogP contribution in [-0.2, 0) is 16.5 Å². The maximum atomic E-state index is 11.0. The molecule has 1 radical (unpaired) electrons. The van der Waals surface area contributed by atoms with Gasteiger partial charge < -0.3 is 9.29 Å². The van der Waals surface area contributed by atoms with Crippen LogP contribution in [0.3, 0.4) is 0 Å². The molecule has 1 atom stereocenters. The molecule has 0 aliphatic heterocycles. The van der Waals surface area contributed by atoms with Gasteiger partial charge in [0.1, 0.15) is 11.5 Å². The summed E-state index contributed by atoms with van der Waals surface area (Å²) in [4.78, 5) is 0.241. The van der Waals surface area contributed by atoms with Crippen molar-refractivity contribution in [3.05, 3.63) is 83.9 Å². The summed E-state index contributed by atoms with van der Waals surface area (Å²) in [5.41, 5.74) is 3.54. The lowest BCUT2D eigenvalue weighted by Crippen LogP contribution is -2.25. The zero-order chi connectivity index (χ0) is 21.9. The van der Waals surface area contributed by atoms with Crippen molar-refractivity contribution in [1.82, 2.24) is 0 Å². The molecule has 0 aliphatic carbocycles. The van der Waals surface area contributed by atoms with E-state index < -0.39 is 11.1 Å². The molecule has 3 nitrogen and oxygen atoms in total. The average Bonchev–Trinajstić information content (AvgIpc) is 2.68. The molecule has 3 aromatic rings. The van der Waals surface area contributed by atoms with Crippen LogP contribution in [0.1, 0.15) is 45.7 Å². The van der Waals surface area contributed by atoms with Crippen LogP contribution in [0.2, 0.25) is 5.31 Å². The van der Waals surface area contributed by atoms with E-state index in [9.17, 15) is 8.76 Å². The highest BCUT2D eigenvalue weighted by atomic mass is 32.2. The number of rotatable bonds is 6.